The van der Waals surface area contributed by atoms with Crippen molar-refractivity contribution in [2.24, 2.45) is 17.8 Å². The second-order valence-corrected chi connectivity index (χ2v) is 7.89. The number of carbonyl (C=O) groups excluding carboxylic acids is 3. The lowest BCUT2D eigenvalue weighted by molar-refractivity contribution is -0.147. The zero-order chi connectivity index (χ0) is 19.6. The second kappa shape index (κ2) is 8.07. The van der Waals surface area contributed by atoms with Crippen molar-refractivity contribution >= 4 is 23.4 Å². The average Bonchev–Trinajstić information content (AvgIpc) is 2.91. The van der Waals surface area contributed by atoms with Gasteiger partial charge in [0.25, 0.3) is 0 Å². The fourth-order valence-electron chi connectivity index (χ4n) is 3.96. The Balaban J connectivity index is 1.81. The molecule has 3 amide bonds. The number of hydrogen-bond donors (Lipinski definition) is 1. The molecule has 0 saturated carbocycles. The largest absolute Gasteiger partial charge is 0.324 e. The molecule has 27 heavy (non-hydrogen) atoms. The normalized spacial score (nSPS) is 22.9. The van der Waals surface area contributed by atoms with E-state index >= 15 is 0 Å². The number of nitrogens with one attached hydrogen (secondary N) is 1. The van der Waals surface area contributed by atoms with Crippen LogP contribution in [-0.2, 0) is 20.8 Å². The molecule has 5 heteroatoms. The summed E-state index contributed by atoms with van der Waals surface area (Å²) in [5.41, 5.74) is 1.87. The van der Waals surface area contributed by atoms with Crippen LogP contribution in [0.4, 0.5) is 5.69 Å². The molecule has 5 nitrogen and oxygen atoms in total. The summed E-state index contributed by atoms with van der Waals surface area (Å²) < 4.78 is 0. The minimum absolute atomic E-state index is 0.185. The number of nitrogens with zero attached hydrogens (tertiary/aromatic N) is 1. The number of allylic oxidation sites excluding steroid dienone is 2. The van der Waals surface area contributed by atoms with E-state index in [2.05, 4.69) is 12.2 Å². The fourth-order valence-corrected chi connectivity index (χ4v) is 3.96. The summed E-state index contributed by atoms with van der Waals surface area (Å²) in [4.78, 5) is 40.1. The third-order valence-corrected chi connectivity index (χ3v) is 5.48. The highest BCUT2D eigenvalue weighted by molar-refractivity contribution is 6.10. The van der Waals surface area contributed by atoms with E-state index in [-0.39, 0.29) is 35.5 Å². The van der Waals surface area contributed by atoms with Crippen molar-refractivity contribution in [1.29, 1.82) is 0 Å². The van der Waals surface area contributed by atoms with Gasteiger partial charge in [-0.25, -0.2) is 0 Å². The van der Waals surface area contributed by atoms with Gasteiger partial charge in [0.2, 0.25) is 17.7 Å². The molecule has 1 aromatic carbocycles. The Labute approximate surface area is 160 Å². The van der Waals surface area contributed by atoms with E-state index < -0.39 is 6.04 Å². The lowest BCUT2D eigenvalue weighted by Crippen LogP contribution is -2.48. The molecule has 3 rings (SSSR count). The minimum Gasteiger partial charge on any atom is -0.324 e. The fraction of sp³-hybridized carbons (Fsp3) is 0.500. The zero-order valence-corrected chi connectivity index (χ0v) is 16.3. The number of amides is 3. The first-order valence-electron chi connectivity index (χ1n) is 9.84. The molecule has 1 aliphatic carbocycles. The number of benzene rings is 1. The summed E-state index contributed by atoms with van der Waals surface area (Å²) in [7, 11) is 0. The van der Waals surface area contributed by atoms with Gasteiger partial charge < -0.3 is 5.32 Å². The number of rotatable bonds is 6. The van der Waals surface area contributed by atoms with Crippen LogP contribution < -0.4 is 5.32 Å². The van der Waals surface area contributed by atoms with E-state index in [1.165, 1.54) is 10.5 Å². The van der Waals surface area contributed by atoms with Gasteiger partial charge in [-0.2, -0.15) is 0 Å². The van der Waals surface area contributed by atoms with E-state index in [0.29, 0.717) is 24.9 Å². The van der Waals surface area contributed by atoms with Crippen LogP contribution in [0.15, 0.2) is 36.4 Å². The van der Waals surface area contributed by atoms with Gasteiger partial charge in [-0.15, -0.1) is 0 Å². The summed E-state index contributed by atoms with van der Waals surface area (Å²) in [6.07, 6.45) is 6.48. The number of anilines is 1. The van der Waals surface area contributed by atoms with Gasteiger partial charge in [0.1, 0.15) is 6.04 Å². The average molecular weight is 368 g/mol. The summed E-state index contributed by atoms with van der Waals surface area (Å²) in [6.45, 7) is 6.07. The van der Waals surface area contributed by atoms with Crippen LogP contribution in [0.1, 0.15) is 45.6 Å². The number of hydrogen-bond acceptors (Lipinski definition) is 3. The molecule has 2 aliphatic rings. The van der Waals surface area contributed by atoms with E-state index in [4.69, 9.17) is 0 Å². The van der Waals surface area contributed by atoms with E-state index in [0.717, 1.165) is 6.42 Å². The Morgan fingerprint density at radius 2 is 1.63 bits per heavy atom. The number of likely N-dealkylation sites (tertiary alicyclic amines) is 1. The molecule has 3 unspecified atom stereocenters. The molecule has 3 atom stereocenters. The van der Waals surface area contributed by atoms with Gasteiger partial charge in [0, 0.05) is 5.69 Å². The van der Waals surface area contributed by atoms with Crippen LogP contribution in [0, 0.1) is 17.8 Å². The zero-order valence-electron chi connectivity index (χ0n) is 16.3. The van der Waals surface area contributed by atoms with Crippen molar-refractivity contribution in [2.75, 3.05) is 5.32 Å². The predicted octanol–water partition coefficient (Wildman–Crippen LogP) is 3.55. The molecule has 1 fully saturated rings. The molecule has 144 valence electrons. The molecular formula is C22H28N2O3. The van der Waals surface area contributed by atoms with Gasteiger partial charge in [-0.3, -0.25) is 19.3 Å². The lowest BCUT2D eigenvalue weighted by Gasteiger charge is -2.27. The van der Waals surface area contributed by atoms with Gasteiger partial charge in [0.15, 0.2) is 0 Å². The molecule has 0 aromatic heterocycles. The van der Waals surface area contributed by atoms with E-state index in [9.17, 15) is 14.4 Å². The highest BCUT2D eigenvalue weighted by Gasteiger charge is 2.51. The van der Waals surface area contributed by atoms with Crippen molar-refractivity contribution in [3.8, 4) is 0 Å². The van der Waals surface area contributed by atoms with Gasteiger partial charge >= 0.3 is 0 Å². The Morgan fingerprint density at radius 1 is 1.07 bits per heavy atom. The minimum atomic E-state index is -0.763. The SMILES string of the molecule is CCc1ccc(NC(=O)C(CC(C)C)N2C(=O)C3CC=CCC3C2=O)cc1. The van der Waals surface area contributed by atoms with Gasteiger partial charge in [-0.05, 0) is 49.3 Å². The summed E-state index contributed by atoms with van der Waals surface area (Å²) in [5, 5.41) is 2.90. The number of imide groups is 1. The number of fused-ring (bicyclic) bond motifs is 1. The topological polar surface area (TPSA) is 66.5 Å². The first-order chi connectivity index (χ1) is 12.9. The van der Waals surface area contributed by atoms with Crippen LogP contribution in [0.5, 0.6) is 0 Å². The van der Waals surface area contributed by atoms with Gasteiger partial charge in [-0.1, -0.05) is 45.1 Å². The van der Waals surface area contributed by atoms with Crippen molar-refractivity contribution < 1.29 is 14.4 Å². The molecule has 1 saturated heterocycles. The molecule has 1 aromatic rings. The Bertz CT molecular complexity index is 725. The molecule has 0 bridgehead atoms. The summed E-state index contributed by atoms with van der Waals surface area (Å²) >= 11 is 0. The first kappa shape index (κ1) is 19.3. The molecule has 1 heterocycles. The van der Waals surface area contributed by atoms with E-state index in [1.807, 2.05) is 50.3 Å². The van der Waals surface area contributed by atoms with Crippen molar-refractivity contribution in [1.82, 2.24) is 4.90 Å². The summed E-state index contributed by atoms with van der Waals surface area (Å²) in [6, 6.07) is 6.90. The standard InChI is InChI=1S/C22H28N2O3/c1-4-15-9-11-16(12-10-15)23-20(25)19(13-14(2)3)24-21(26)17-7-5-6-8-18(17)22(24)27/h5-6,9-12,14,17-19H,4,7-8,13H2,1-3H3,(H,23,25). The Kier molecular flexibility index (Phi) is 5.78. The molecule has 1 N–H and O–H groups in total. The van der Waals surface area contributed by atoms with Crippen LogP contribution in [0.2, 0.25) is 0 Å². The van der Waals surface area contributed by atoms with Crippen LogP contribution >= 0.6 is 0 Å². The van der Waals surface area contributed by atoms with E-state index in [1.54, 1.807) is 0 Å². The van der Waals surface area contributed by atoms with Crippen molar-refractivity contribution in [3.05, 3.63) is 42.0 Å². The highest BCUT2D eigenvalue weighted by Crippen LogP contribution is 2.37. The monoisotopic (exact) mass is 368 g/mol. The van der Waals surface area contributed by atoms with Crippen LogP contribution in [-0.4, -0.2) is 28.7 Å². The molecule has 0 spiro atoms. The van der Waals surface area contributed by atoms with Crippen molar-refractivity contribution in [3.63, 3.8) is 0 Å². The predicted molar refractivity (Wildman–Crippen MR) is 105 cm³/mol. The first-order valence-corrected chi connectivity index (χ1v) is 9.84. The maximum absolute atomic E-state index is 13.0. The maximum Gasteiger partial charge on any atom is 0.247 e. The molecular weight excluding hydrogens is 340 g/mol. The Morgan fingerprint density at radius 3 is 2.11 bits per heavy atom. The number of aryl methyl sites for hydroxylation is 1. The second-order valence-electron chi connectivity index (χ2n) is 7.89. The van der Waals surface area contributed by atoms with Crippen molar-refractivity contribution in [2.45, 2.75) is 52.5 Å². The summed E-state index contributed by atoms with van der Waals surface area (Å²) in [5.74, 6) is -1.12. The van der Waals surface area contributed by atoms with Crippen LogP contribution in [0.3, 0.4) is 0 Å². The third-order valence-electron chi connectivity index (χ3n) is 5.48. The van der Waals surface area contributed by atoms with Gasteiger partial charge in [0.05, 0.1) is 11.8 Å². The highest BCUT2D eigenvalue weighted by atomic mass is 16.2. The third kappa shape index (κ3) is 3.97. The molecule has 1 aliphatic heterocycles. The maximum atomic E-state index is 13.0. The molecule has 0 radical (unpaired) electrons. The smallest absolute Gasteiger partial charge is 0.247 e. The Hall–Kier alpha value is -2.43. The van der Waals surface area contributed by atoms with Crippen LogP contribution in [0.25, 0.3) is 0 Å². The quantitative estimate of drug-likeness (QED) is 0.617. The lowest BCUT2D eigenvalue weighted by atomic mass is 9.85. The number of carbonyl (C=O) groups is 3.